The van der Waals surface area contributed by atoms with Crippen molar-refractivity contribution in [1.29, 1.82) is 0 Å². The maximum atomic E-state index is 11.1. The Balaban J connectivity index is 0.000000901. The number of carbonyl (C=O) groups excluding carboxylic acids is 4. The van der Waals surface area contributed by atoms with Gasteiger partial charge in [-0.2, -0.15) is 0 Å². The summed E-state index contributed by atoms with van der Waals surface area (Å²) in [4.78, 5) is 40.6. The van der Waals surface area contributed by atoms with E-state index >= 15 is 0 Å². The van der Waals surface area contributed by atoms with Crippen LogP contribution >= 0.6 is 0 Å². The largest absolute Gasteiger partial charge is 0.424 e. The van der Waals surface area contributed by atoms with Crippen LogP contribution in [0.4, 0.5) is 11.4 Å². The van der Waals surface area contributed by atoms with Gasteiger partial charge in [0.25, 0.3) is 0 Å². The Bertz CT molecular complexity index is 844. The molecule has 0 aliphatic rings. The van der Waals surface area contributed by atoms with E-state index in [9.17, 15) is 19.2 Å². The first kappa shape index (κ1) is 25.9. The third-order valence-corrected chi connectivity index (χ3v) is 2.87. The number of hydrogen-bond donors (Lipinski definition) is 4. The molecule has 0 fully saturated rings. The van der Waals surface area contributed by atoms with E-state index in [2.05, 4.69) is 11.5 Å². The summed E-state index contributed by atoms with van der Waals surface area (Å²) in [5, 5.41) is 0. The lowest BCUT2D eigenvalue weighted by molar-refractivity contribution is -0.132. The van der Waals surface area contributed by atoms with Crippen molar-refractivity contribution >= 4 is 35.1 Å². The third-order valence-electron chi connectivity index (χ3n) is 2.87. The Hall–Kier alpha value is -4.08. The first-order valence-electron chi connectivity index (χ1n) is 8.51. The molecular formula is C20H26N4O6. The molecule has 0 aromatic heterocycles. The van der Waals surface area contributed by atoms with E-state index in [1.54, 1.807) is 36.4 Å². The molecule has 2 rings (SSSR count). The minimum atomic E-state index is -0.457. The molecule has 0 spiro atoms. The summed E-state index contributed by atoms with van der Waals surface area (Å²) in [5.41, 5.74) is 22.7. The molecule has 0 heterocycles. The second-order valence-electron chi connectivity index (χ2n) is 5.91. The number of esters is 2. The van der Waals surface area contributed by atoms with Crippen molar-refractivity contribution in [3.8, 4) is 22.6 Å². The molecular weight excluding hydrogens is 392 g/mol. The second kappa shape index (κ2) is 12.4. The summed E-state index contributed by atoms with van der Waals surface area (Å²) in [5.74, 6) is -1.03. The number of rotatable bonds is 3. The number of carbonyl (C=O) groups is 4. The van der Waals surface area contributed by atoms with Gasteiger partial charge in [0.2, 0.25) is 11.8 Å². The van der Waals surface area contributed by atoms with E-state index in [-0.39, 0.29) is 23.3 Å². The van der Waals surface area contributed by atoms with Crippen molar-refractivity contribution in [2.75, 3.05) is 11.5 Å². The second-order valence-corrected chi connectivity index (χ2v) is 5.91. The zero-order valence-electron chi connectivity index (χ0n) is 17.2. The van der Waals surface area contributed by atoms with Gasteiger partial charge in [-0.15, -0.1) is 0 Å². The SMILES string of the molecule is CC(=O)Oc1cc(-c2ccc(N)c(OC(C)=O)c2)ccc1N.CC(N)=O.CC(N)=O. The van der Waals surface area contributed by atoms with E-state index in [0.29, 0.717) is 11.4 Å². The lowest BCUT2D eigenvalue weighted by atomic mass is 10.0. The van der Waals surface area contributed by atoms with Gasteiger partial charge < -0.3 is 32.4 Å². The van der Waals surface area contributed by atoms with Crippen molar-refractivity contribution in [3.63, 3.8) is 0 Å². The minimum absolute atomic E-state index is 0.274. The number of nitrogens with two attached hydrogens (primary N) is 4. The predicted molar refractivity (Wildman–Crippen MR) is 113 cm³/mol. The van der Waals surface area contributed by atoms with Crippen LogP contribution in [0.5, 0.6) is 11.5 Å². The highest BCUT2D eigenvalue weighted by atomic mass is 16.5. The minimum Gasteiger partial charge on any atom is -0.424 e. The quantitative estimate of drug-likeness (QED) is 0.326. The van der Waals surface area contributed by atoms with Crippen molar-refractivity contribution in [2.45, 2.75) is 27.7 Å². The maximum absolute atomic E-state index is 11.1. The van der Waals surface area contributed by atoms with Crippen LogP contribution in [0, 0.1) is 0 Å². The lowest BCUT2D eigenvalue weighted by Crippen LogP contribution is -2.05. The molecule has 8 N–H and O–H groups in total. The smallest absolute Gasteiger partial charge is 0.308 e. The van der Waals surface area contributed by atoms with Crippen LogP contribution in [-0.4, -0.2) is 23.8 Å². The van der Waals surface area contributed by atoms with Gasteiger partial charge in [-0.1, -0.05) is 12.1 Å². The summed E-state index contributed by atoms with van der Waals surface area (Å²) in [6.07, 6.45) is 0. The Morgan fingerprint density at radius 1 is 0.633 bits per heavy atom. The molecule has 10 nitrogen and oxygen atoms in total. The Morgan fingerprint density at radius 3 is 1.13 bits per heavy atom. The molecule has 0 aliphatic carbocycles. The number of primary amides is 2. The molecule has 2 amide bonds. The van der Waals surface area contributed by atoms with Crippen LogP contribution in [0.25, 0.3) is 11.1 Å². The number of ether oxygens (including phenoxy) is 2. The number of benzene rings is 2. The van der Waals surface area contributed by atoms with Gasteiger partial charge >= 0.3 is 11.9 Å². The average molecular weight is 418 g/mol. The topological polar surface area (TPSA) is 191 Å². The van der Waals surface area contributed by atoms with E-state index in [0.717, 1.165) is 11.1 Å². The van der Waals surface area contributed by atoms with Crippen molar-refractivity contribution < 1.29 is 28.7 Å². The van der Waals surface area contributed by atoms with E-state index in [1.807, 2.05) is 0 Å². The molecule has 30 heavy (non-hydrogen) atoms. The van der Waals surface area contributed by atoms with Gasteiger partial charge in [-0.3, -0.25) is 19.2 Å². The molecule has 0 radical (unpaired) electrons. The van der Waals surface area contributed by atoms with Crippen LogP contribution < -0.4 is 32.4 Å². The van der Waals surface area contributed by atoms with Gasteiger partial charge in [0.1, 0.15) is 0 Å². The van der Waals surface area contributed by atoms with Crippen molar-refractivity contribution in [2.24, 2.45) is 11.5 Å². The van der Waals surface area contributed by atoms with Gasteiger partial charge in [0, 0.05) is 27.7 Å². The summed E-state index contributed by atoms with van der Waals surface area (Å²) in [6, 6.07) is 10.1. The fraction of sp³-hybridized carbons (Fsp3) is 0.200. The van der Waals surface area contributed by atoms with Gasteiger partial charge in [-0.05, 0) is 35.4 Å². The van der Waals surface area contributed by atoms with Gasteiger partial charge in [0.15, 0.2) is 11.5 Å². The van der Waals surface area contributed by atoms with E-state index in [1.165, 1.54) is 27.7 Å². The first-order chi connectivity index (χ1) is 13.8. The fourth-order valence-corrected chi connectivity index (χ4v) is 1.91. The summed E-state index contributed by atoms with van der Waals surface area (Å²) >= 11 is 0. The van der Waals surface area contributed by atoms with Crippen LogP contribution in [0.3, 0.4) is 0 Å². The highest BCUT2D eigenvalue weighted by molar-refractivity contribution is 5.78. The molecule has 0 aliphatic heterocycles. The van der Waals surface area contributed by atoms with Crippen molar-refractivity contribution in [1.82, 2.24) is 0 Å². The first-order valence-corrected chi connectivity index (χ1v) is 8.51. The average Bonchev–Trinajstić information content (AvgIpc) is 2.57. The van der Waals surface area contributed by atoms with Crippen LogP contribution in [0.1, 0.15) is 27.7 Å². The Kier molecular flexibility index (Phi) is 10.7. The lowest BCUT2D eigenvalue weighted by Gasteiger charge is -2.11. The molecule has 0 bridgehead atoms. The Labute approximate surface area is 174 Å². The molecule has 0 atom stereocenters. The number of hydrogen-bond acceptors (Lipinski definition) is 8. The zero-order valence-corrected chi connectivity index (χ0v) is 17.2. The van der Waals surface area contributed by atoms with Crippen LogP contribution in [-0.2, 0) is 19.2 Å². The molecule has 2 aromatic rings. The highest BCUT2D eigenvalue weighted by Gasteiger charge is 2.10. The molecule has 2 aromatic carbocycles. The standard InChI is InChI=1S/C16H16N2O4.2C2H5NO/c1-9(19)21-15-7-11(3-5-13(15)17)12-4-6-14(18)16(8-12)22-10(2)20;2*1-2(3)4/h3-8H,17-18H2,1-2H3;2*1H3,(H2,3,4). The summed E-state index contributed by atoms with van der Waals surface area (Å²) in [6.45, 7) is 5.21. The molecule has 0 unspecified atom stereocenters. The fourth-order valence-electron chi connectivity index (χ4n) is 1.91. The molecule has 162 valence electrons. The number of amides is 2. The van der Waals surface area contributed by atoms with Crippen LogP contribution in [0.2, 0.25) is 0 Å². The van der Waals surface area contributed by atoms with E-state index in [4.69, 9.17) is 20.9 Å². The molecule has 0 saturated carbocycles. The zero-order chi connectivity index (χ0) is 23.4. The number of anilines is 2. The summed E-state index contributed by atoms with van der Waals surface area (Å²) < 4.78 is 10.1. The Morgan fingerprint density at radius 2 is 0.900 bits per heavy atom. The van der Waals surface area contributed by atoms with Gasteiger partial charge in [0.05, 0.1) is 11.4 Å². The van der Waals surface area contributed by atoms with Crippen molar-refractivity contribution in [3.05, 3.63) is 36.4 Å². The highest BCUT2D eigenvalue weighted by Crippen LogP contribution is 2.33. The van der Waals surface area contributed by atoms with Gasteiger partial charge in [-0.25, -0.2) is 0 Å². The van der Waals surface area contributed by atoms with E-state index < -0.39 is 11.9 Å². The van der Waals surface area contributed by atoms with Crippen LogP contribution in [0.15, 0.2) is 36.4 Å². The monoisotopic (exact) mass is 418 g/mol. The normalized spacial score (nSPS) is 9.07. The molecule has 0 saturated heterocycles. The predicted octanol–water partition coefficient (Wildman–Crippen LogP) is 1.35. The summed E-state index contributed by atoms with van der Waals surface area (Å²) in [7, 11) is 0. The maximum Gasteiger partial charge on any atom is 0.308 e. The molecule has 10 heteroatoms. The third kappa shape index (κ3) is 10.9. The number of nitrogen functional groups attached to an aromatic ring is 2.